The Hall–Kier alpha value is -0.620. The Bertz CT molecular complexity index is 452. The molecule has 0 aliphatic carbocycles. The lowest BCUT2D eigenvalue weighted by molar-refractivity contribution is -0.129. The summed E-state index contributed by atoms with van der Waals surface area (Å²) in [4.78, 5) is 16.7. The average molecular weight is 317 g/mol. The van der Waals surface area contributed by atoms with Crippen LogP contribution in [-0.4, -0.2) is 53.1 Å². The van der Waals surface area contributed by atoms with Gasteiger partial charge in [-0.3, -0.25) is 9.69 Å². The van der Waals surface area contributed by atoms with Gasteiger partial charge in [-0.15, -0.1) is 11.3 Å². The minimum absolute atomic E-state index is 0.164. The summed E-state index contributed by atoms with van der Waals surface area (Å²) < 4.78 is 0.791. The molecule has 1 atom stereocenters. The molecule has 20 heavy (non-hydrogen) atoms. The Morgan fingerprint density at radius 1 is 1.55 bits per heavy atom. The number of thiophene rings is 1. The van der Waals surface area contributed by atoms with Crippen molar-refractivity contribution < 1.29 is 9.90 Å². The highest BCUT2D eigenvalue weighted by Crippen LogP contribution is 2.22. The first kappa shape index (κ1) is 15.8. The van der Waals surface area contributed by atoms with Crippen molar-refractivity contribution >= 4 is 28.8 Å². The normalized spacial score (nSPS) is 17.2. The van der Waals surface area contributed by atoms with Crippen LogP contribution in [0, 0.1) is 0 Å². The third-order valence-electron chi connectivity index (χ3n) is 3.53. The minimum atomic E-state index is -0.493. The highest BCUT2D eigenvalue weighted by atomic mass is 35.5. The van der Waals surface area contributed by atoms with E-state index in [1.807, 2.05) is 12.1 Å². The number of hydrogen-bond acceptors (Lipinski definition) is 4. The Morgan fingerprint density at radius 2 is 2.35 bits per heavy atom. The molecular weight excluding hydrogens is 296 g/mol. The molecule has 1 amide bonds. The second-order valence-corrected chi connectivity index (χ2v) is 6.93. The van der Waals surface area contributed by atoms with Crippen LogP contribution in [0.15, 0.2) is 12.1 Å². The standard InChI is InChI=1S/C14H21ClN2O2S/c1-2-16(10-12-5-6-13(15)20-12)8-11(18)9-17-7-3-4-14(17)19/h5-6,11,18H,2-4,7-10H2,1H3. The Kier molecular flexibility index (Phi) is 5.84. The molecule has 1 aliphatic rings. The van der Waals surface area contributed by atoms with Crippen LogP contribution in [0.5, 0.6) is 0 Å². The summed E-state index contributed by atoms with van der Waals surface area (Å²) in [6.07, 6.45) is 1.04. The molecule has 1 unspecified atom stereocenters. The predicted octanol–water partition coefficient (Wildman–Crippen LogP) is 2.21. The maximum atomic E-state index is 11.5. The quantitative estimate of drug-likeness (QED) is 0.839. The number of β-amino-alcohol motifs (C(OH)–C–C–N with tert-alkyl or cyclic N) is 1. The number of carbonyl (C=O) groups is 1. The van der Waals surface area contributed by atoms with E-state index in [4.69, 9.17) is 11.6 Å². The number of carbonyl (C=O) groups excluding carboxylic acids is 1. The van der Waals surface area contributed by atoms with Gasteiger partial charge in [0.15, 0.2) is 0 Å². The van der Waals surface area contributed by atoms with Crippen molar-refractivity contribution in [1.82, 2.24) is 9.80 Å². The topological polar surface area (TPSA) is 43.8 Å². The number of aliphatic hydroxyl groups is 1. The molecule has 2 rings (SSSR count). The zero-order chi connectivity index (χ0) is 14.5. The van der Waals surface area contributed by atoms with E-state index >= 15 is 0 Å². The van der Waals surface area contributed by atoms with E-state index in [0.717, 1.165) is 30.4 Å². The summed E-state index contributed by atoms with van der Waals surface area (Å²) in [5.41, 5.74) is 0. The second-order valence-electron chi connectivity index (χ2n) is 5.13. The fraction of sp³-hybridized carbons (Fsp3) is 0.643. The number of likely N-dealkylation sites (tertiary alicyclic amines) is 1. The van der Waals surface area contributed by atoms with E-state index in [2.05, 4.69) is 11.8 Å². The first-order valence-electron chi connectivity index (χ1n) is 7.01. The monoisotopic (exact) mass is 316 g/mol. The molecule has 6 heteroatoms. The van der Waals surface area contributed by atoms with E-state index in [1.54, 1.807) is 16.2 Å². The van der Waals surface area contributed by atoms with E-state index < -0.39 is 6.10 Å². The van der Waals surface area contributed by atoms with Gasteiger partial charge in [-0.2, -0.15) is 0 Å². The highest BCUT2D eigenvalue weighted by Gasteiger charge is 2.23. The highest BCUT2D eigenvalue weighted by molar-refractivity contribution is 7.16. The van der Waals surface area contributed by atoms with Gasteiger partial charge in [0.05, 0.1) is 10.4 Å². The minimum Gasteiger partial charge on any atom is -0.390 e. The zero-order valence-electron chi connectivity index (χ0n) is 11.7. The Morgan fingerprint density at radius 3 is 2.90 bits per heavy atom. The molecule has 1 aromatic rings. The van der Waals surface area contributed by atoms with Gasteiger partial charge in [-0.25, -0.2) is 0 Å². The van der Waals surface area contributed by atoms with E-state index in [1.165, 1.54) is 4.88 Å². The molecule has 1 fully saturated rings. The number of halogens is 1. The SMILES string of the molecule is CCN(Cc1ccc(Cl)s1)CC(O)CN1CCCC1=O. The van der Waals surface area contributed by atoms with Crippen molar-refractivity contribution in [2.75, 3.05) is 26.2 Å². The van der Waals surface area contributed by atoms with Crippen molar-refractivity contribution in [2.24, 2.45) is 0 Å². The molecule has 0 spiro atoms. The van der Waals surface area contributed by atoms with Crippen LogP contribution in [0.1, 0.15) is 24.6 Å². The van der Waals surface area contributed by atoms with Crippen LogP contribution in [-0.2, 0) is 11.3 Å². The number of amides is 1. The number of aliphatic hydroxyl groups excluding tert-OH is 1. The van der Waals surface area contributed by atoms with Crippen LogP contribution in [0.3, 0.4) is 0 Å². The smallest absolute Gasteiger partial charge is 0.222 e. The lowest BCUT2D eigenvalue weighted by Gasteiger charge is -2.26. The van der Waals surface area contributed by atoms with Gasteiger partial charge < -0.3 is 10.0 Å². The molecule has 1 saturated heterocycles. The Labute approximate surface area is 128 Å². The van der Waals surface area contributed by atoms with Gasteiger partial charge in [0.1, 0.15) is 0 Å². The largest absolute Gasteiger partial charge is 0.390 e. The molecule has 0 aromatic carbocycles. The first-order valence-corrected chi connectivity index (χ1v) is 8.20. The Balaban J connectivity index is 1.81. The molecule has 1 aromatic heterocycles. The van der Waals surface area contributed by atoms with Gasteiger partial charge >= 0.3 is 0 Å². The van der Waals surface area contributed by atoms with Gasteiger partial charge in [0, 0.05) is 37.5 Å². The molecule has 2 heterocycles. The van der Waals surface area contributed by atoms with Crippen LogP contribution in [0.4, 0.5) is 0 Å². The third kappa shape index (κ3) is 4.45. The van der Waals surface area contributed by atoms with Gasteiger partial charge in [0.25, 0.3) is 0 Å². The zero-order valence-corrected chi connectivity index (χ0v) is 13.3. The molecule has 4 nitrogen and oxygen atoms in total. The molecule has 112 valence electrons. The summed E-state index contributed by atoms with van der Waals surface area (Å²) in [5.74, 6) is 0.164. The first-order chi connectivity index (χ1) is 9.58. The third-order valence-corrected chi connectivity index (χ3v) is 4.74. The lowest BCUT2D eigenvalue weighted by Crippen LogP contribution is -2.40. The number of nitrogens with zero attached hydrogens (tertiary/aromatic N) is 2. The molecule has 1 N–H and O–H groups in total. The van der Waals surface area contributed by atoms with Crippen molar-refractivity contribution in [1.29, 1.82) is 0 Å². The van der Waals surface area contributed by atoms with E-state index in [9.17, 15) is 9.90 Å². The maximum Gasteiger partial charge on any atom is 0.222 e. The van der Waals surface area contributed by atoms with Crippen LogP contribution in [0.2, 0.25) is 4.34 Å². The van der Waals surface area contributed by atoms with E-state index in [-0.39, 0.29) is 5.91 Å². The lowest BCUT2D eigenvalue weighted by atomic mass is 10.3. The van der Waals surface area contributed by atoms with E-state index in [0.29, 0.717) is 19.5 Å². The van der Waals surface area contributed by atoms with Crippen LogP contribution < -0.4 is 0 Å². The predicted molar refractivity (Wildman–Crippen MR) is 82.1 cm³/mol. The molecule has 1 aliphatic heterocycles. The molecular formula is C14H21ClN2O2S. The second kappa shape index (κ2) is 7.41. The van der Waals surface area contributed by atoms with Crippen molar-refractivity contribution in [2.45, 2.75) is 32.4 Å². The number of hydrogen-bond donors (Lipinski definition) is 1. The fourth-order valence-corrected chi connectivity index (χ4v) is 3.60. The summed E-state index contributed by atoms with van der Waals surface area (Å²) in [5, 5.41) is 10.2. The maximum absolute atomic E-state index is 11.5. The van der Waals surface area contributed by atoms with Gasteiger partial charge in [0.2, 0.25) is 5.91 Å². The molecule has 0 radical (unpaired) electrons. The van der Waals surface area contributed by atoms with Gasteiger partial charge in [-0.1, -0.05) is 18.5 Å². The summed E-state index contributed by atoms with van der Waals surface area (Å²) >= 11 is 7.50. The molecule has 0 saturated carbocycles. The van der Waals surface area contributed by atoms with Crippen molar-refractivity contribution in [3.05, 3.63) is 21.3 Å². The summed E-state index contributed by atoms with van der Waals surface area (Å²) in [6, 6.07) is 3.92. The van der Waals surface area contributed by atoms with Gasteiger partial charge in [-0.05, 0) is 25.1 Å². The average Bonchev–Trinajstić information content (AvgIpc) is 2.98. The summed E-state index contributed by atoms with van der Waals surface area (Å²) in [6.45, 7) is 5.53. The number of likely N-dealkylation sites (N-methyl/N-ethyl adjacent to an activating group) is 1. The van der Waals surface area contributed by atoms with Crippen molar-refractivity contribution in [3.63, 3.8) is 0 Å². The summed E-state index contributed by atoms with van der Waals surface area (Å²) in [7, 11) is 0. The van der Waals surface area contributed by atoms with Crippen molar-refractivity contribution in [3.8, 4) is 0 Å². The fourth-order valence-electron chi connectivity index (χ4n) is 2.47. The van der Waals surface area contributed by atoms with Crippen LogP contribution >= 0.6 is 22.9 Å². The molecule has 0 bridgehead atoms. The number of rotatable bonds is 7. The van der Waals surface area contributed by atoms with Crippen LogP contribution in [0.25, 0.3) is 0 Å².